The predicted octanol–water partition coefficient (Wildman–Crippen LogP) is -3.33. The molecule has 0 fully saturated rings. The Balaban J connectivity index is 0.00000520. The van der Waals surface area contributed by atoms with Crippen LogP contribution in [-0.4, -0.2) is 121 Å². The van der Waals surface area contributed by atoms with Gasteiger partial charge in [0.2, 0.25) is 29.5 Å². The summed E-state index contributed by atoms with van der Waals surface area (Å²) in [6.07, 6.45) is 0.415. The van der Waals surface area contributed by atoms with E-state index in [0.29, 0.717) is 18.5 Å². The number of amides is 6. The van der Waals surface area contributed by atoms with Crippen molar-refractivity contribution < 1.29 is 38.7 Å². The first-order valence-corrected chi connectivity index (χ1v) is 16.8. The second-order valence-electron chi connectivity index (χ2n) is 9.68. The van der Waals surface area contributed by atoms with Crippen molar-refractivity contribution in [3.8, 4) is 0 Å². The molecule has 1 aromatic rings. The Bertz CT molecular complexity index is 1240. The van der Waals surface area contributed by atoms with Crippen LogP contribution in [0.2, 0.25) is 0 Å². The fraction of sp³-hybridized carbons (Fsp3) is 0.500. The standard InChI is InChI=1S/C26H42N10O6S2.C2H4O2/c1-30-21(38)14-43-12-18(27)24(41)34-11-20(37)36-19(13-44-15-22(39)31-2)25(42)33-9-3-8-32-23(40)17-6-4-16(5-7-17)10-35-26(28)29;1-2(3)4/h4-7,18-19H,3,8-15,27H2,1-2H3,(H,30,38)(H,31,39)(H,32,40)(H,33,42)(H,34,41)(H,36,37)(H4,28,29,35);1H3,(H,3,4). The van der Waals surface area contributed by atoms with Gasteiger partial charge in [-0.2, -0.15) is 0 Å². The maximum absolute atomic E-state index is 12.8. The van der Waals surface area contributed by atoms with Gasteiger partial charge in [0.25, 0.3) is 11.9 Å². The Kier molecular flexibility index (Phi) is 23.1. The quantitative estimate of drug-likeness (QED) is 0.0360. The van der Waals surface area contributed by atoms with Crippen molar-refractivity contribution in [2.75, 3.05) is 56.7 Å². The van der Waals surface area contributed by atoms with Crippen LogP contribution in [0.15, 0.2) is 29.3 Å². The van der Waals surface area contributed by atoms with Crippen LogP contribution in [0.1, 0.15) is 29.3 Å². The van der Waals surface area contributed by atoms with Crippen LogP contribution in [0.3, 0.4) is 0 Å². The predicted molar refractivity (Wildman–Crippen MR) is 185 cm³/mol. The summed E-state index contributed by atoms with van der Waals surface area (Å²) >= 11 is 2.33. The van der Waals surface area contributed by atoms with Crippen molar-refractivity contribution in [1.29, 1.82) is 0 Å². The lowest BCUT2D eigenvalue weighted by molar-refractivity contribution is -0.134. The van der Waals surface area contributed by atoms with E-state index in [-0.39, 0.29) is 59.8 Å². The van der Waals surface area contributed by atoms with Crippen LogP contribution in [0.5, 0.6) is 0 Å². The van der Waals surface area contributed by atoms with E-state index < -0.39 is 42.3 Å². The molecule has 13 N–H and O–H groups in total. The molecule has 6 amide bonds. The van der Waals surface area contributed by atoms with E-state index in [4.69, 9.17) is 27.1 Å². The lowest BCUT2D eigenvalue weighted by atomic mass is 10.1. The van der Waals surface area contributed by atoms with Crippen molar-refractivity contribution in [1.82, 2.24) is 31.9 Å². The topological polar surface area (TPSA) is 302 Å². The summed E-state index contributed by atoms with van der Waals surface area (Å²) in [5.74, 6) is -2.77. The van der Waals surface area contributed by atoms with E-state index in [2.05, 4.69) is 36.9 Å². The molecular formula is C28H46N10O8S2. The molecule has 2 unspecified atom stereocenters. The maximum Gasteiger partial charge on any atom is 0.300 e. The lowest BCUT2D eigenvalue weighted by Gasteiger charge is -2.19. The van der Waals surface area contributed by atoms with Crippen LogP contribution in [0.4, 0.5) is 0 Å². The Morgan fingerprint density at radius 2 is 1.35 bits per heavy atom. The number of carbonyl (C=O) groups is 7. The van der Waals surface area contributed by atoms with Gasteiger partial charge in [0.15, 0.2) is 5.96 Å². The molecule has 1 rings (SSSR count). The number of guanidine groups is 1. The van der Waals surface area contributed by atoms with Gasteiger partial charge < -0.3 is 54.2 Å². The summed E-state index contributed by atoms with van der Waals surface area (Å²) in [5.41, 5.74) is 17.7. The molecule has 0 aliphatic heterocycles. The Labute approximate surface area is 287 Å². The molecule has 0 spiro atoms. The second kappa shape index (κ2) is 25.5. The smallest absolute Gasteiger partial charge is 0.300 e. The van der Waals surface area contributed by atoms with Crippen LogP contribution in [0.25, 0.3) is 0 Å². The molecule has 0 bridgehead atoms. The highest BCUT2D eigenvalue weighted by atomic mass is 32.2. The van der Waals surface area contributed by atoms with Gasteiger partial charge in [-0.25, -0.2) is 4.99 Å². The molecule has 20 heteroatoms. The Morgan fingerprint density at radius 3 is 1.90 bits per heavy atom. The molecule has 0 radical (unpaired) electrons. The molecule has 0 aromatic heterocycles. The summed E-state index contributed by atoms with van der Waals surface area (Å²) in [6.45, 7) is 1.46. The number of thioether (sulfide) groups is 2. The number of nitrogens with zero attached hydrogens (tertiary/aromatic N) is 1. The largest absolute Gasteiger partial charge is 0.481 e. The third-order valence-electron chi connectivity index (χ3n) is 5.62. The van der Waals surface area contributed by atoms with Gasteiger partial charge in [-0.1, -0.05) is 12.1 Å². The SMILES string of the molecule is CC(=O)O.CNC(=O)CSCC(N)C(=O)NCC(=O)NC(CSCC(=O)NC)C(=O)NCCCNC(=O)c1ccc(CN=C(N)N)cc1. The van der Waals surface area contributed by atoms with Gasteiger partial charge in [-0.05, 0) is 24.1 Å². The van der Waals surface area contributed by atoms with E-state index in [1.165, 1.54) is 25.9 Å². The molecule has 0 aliphatic carbocycles. The monoisotopic (exact) mass is 714 g/mol. The van der Waals surface area contributed by atoms with E-state index in [1.54, 1.807) is 24.3 Å². The molecule has 0 heterocycles. The van der Waals surface area contributed by atoms with Crippen molar-refractivity contribution in [2.24, 2.45) is 22.2 Å². The zero-order valence-corrected chi connectivity index (χ0v) is 28.8. The lowest BCUT2D eigenvalue weighted by Crippen LogP contribution is -2.52. The normalized spacial score (nSPS) is 11.2. The second-order valence-corrected chi connectivity index (χ2v) is 11.7. The number of nitrogens with two attached hydrogens (primary N) is 3. The average Bonchev–Trinajstić information content (AvgIpc) is 3.04. The molecular weight excluding hydrogens is 669 g/mol. The van der Waals surface area contributed by atoms with Crippen LogP contribution in [-0.2, 0) is 35.3 Å². The van der Waals surface area contributed by atoms with Gasteiger partial charge in [0.05, 0.1) is 30.6 Å². The Morgan fingerprint density at radius 1 is 0.812 bits per heavy atom. The van der Waals surface area contributed by atoms with Crippen molar-refractivity contribution in [3.63, 3.8) is 0 Å². The molecule has 2 atom stereocenters. The minimum Gasteiger partial charge on any atom is -0.481 e. The number of nitrogens with one attached hydrogen (secondary N) is 6. The zero-order chi connectivity index (χ0) is 36.5. The first kappa shape index (κ1) is 43.4. The number of rotatable bonds is 20. The molecule has 0 saturated heterocycles. The summed E-state index contributed by atoms with van der Waals surface area (Å²) in [5, 5.41) is 22.8. The fourth-order valence-electron chi connectivity index (χ4n) is 3.17. The van der Waals surface area contributed by atoms with Crippen LogP contribution in [0, 0.1) is 0 Å². The Hall–Kier alpha value is -4.56. The van der Waals surface area contributed by atoms with Gasteiger partial charge in [-0.3, -0.25) is 33.6 Å². The van der Waals surface area contributed by atoms with Gasteiger partial charge in [-0.15, -0.1) is 23.5 Å². The van der Waals surface area contributed by atoms with Gasteiger partial charge in [0, 0.05) is 51.2 Å². The van der Waals surface area contributed by atoms with E-state index in [9.17, 15) is 28.8 Å². The van der Waals surface area contributed by atoms with E-state index >= 15 is 0 Å². The van der Waals surface area contributed by atoms with Crippen molar-refractivity contribution >= 4 is 70.9 Å². The molecule has 0 aliphatic rings. The number of hydrogen-bond donors (Lipinski definition) is 10. The molecule has 268 valence electrons. The first-order valence-electron chi connectivity index (χ1n) is 14.5. The summed E-state index contributed by atoms with van der Waals surface area (Å²) in [4.78, 5) is 85.7. The number of aliphatic imine (C=N–C) groups is 1. The average molecular weight is 715 g/mol. The number of carbonyl (C=O) groups excluding carboxylic acids is 6. The van der Waals surface area contributed by atoms with Crippen LogP contribution < -0.4 is 49.1 Å². The van der Waals surface area contributed by atoms with E-state index in [0.717, 1.165) is 24.2 Å². The highest BCUT2D eigenvalue weighted by Crippen LogP contribution is 2.06. The third kappa shape index (κ3) is 22.0. The maximum atomic E-state index is 12.8. The zero-order valence-electron chi connectivity index (χ0n) is 27.1. The third-order valence-corrected chi connectivity index (χ3v) is 7.71. The minimum absolute atomic E-state index is 0.0216. The number of hydrogen-bond acceptors (Lipinski definition) is 11. The number of aliphatic carboxylic acids is 1. The van der Waals surface area contributed by atoms with Crippen molar-refractivity contribution in [2.45, 2.75) is 32.0 Å². The van der Waals surface area contributed by atoms with E-state index in [1.807, 2.05) is 0 Å². The summed E-state index contributed by atoms with van der Waals surface area (Å²) in [6, 6.07) is 4.87. The molecule has 18 nitrogen and oxygen atoms in total. The molecule has 48 heavy (non-hydrogen) atoms. The first-order chi connectivity index (χ1) is 22.7. The number of benzene rings is 1. The highest BCUT2D eigenvalue weighted by molar-refractivity contribution is 8.00. The fourth-order valence-corrected chi connectivity index (χ4v) is 4.94. The summed E-state index contributed by atoms with van der Waals surface area (Å²) in [7, 11) is 2.99. The van der Waals surface area contributed by atoms with Crippen molar-refractivity contribution in [3.05, 3.63) is 35.4 Å². The molecule has 1 aromatic carbocycles. The molecule has 0 saturated carbocycles. The van der Waals surface area contributed by atoms with Gasteiger partial charge >= 0.3 is 0 Å². The summed E-state index contributed by atoms with van der Waals surface area (Å²) < 4.78 is 0. The van der Waals surface area contributed by atoms with Crippen LogP contribution >= 0.6 is 23.5 Å². The number of carboxylic acids is 1. The minimum atomic E-state index is -0.988. The highest BCUT2D eigenvalue weighted by Gasteiger charge is 2.22. The number of carboxylic acid groups (broad SMARTS) is 1. The van der Waals surface area contributed by atoms with Gasteiger partial charge in [0.1, 0.15) is 6.04 Å².